The number of carbonyl (C=O) groups is 1. The molecule has 2 aromatic rings. The van der Waals surface area contributed by atoms with Crippen molar-refractivity contribution in [1.29, 1.82) is 0 Å². The van der Waals surface area contributed by atoms with E-state index in [1.54, 1.807) is 24.3 Å². The Labute approximate surface area is 127 Å². The van der Waals surface area contributed by atoms with Gasteiger partial charge < -0.3 is 10.5 Å². The molecule has 0 fully saturated rings. The lowest BCUT2D eigenvalue weighted by Crippen LogP contribution is -2.27. The Kier molecular flexibility index (Phi) is 4.94. The number of ether oxygens (including phenoxy) is 1. The van der Waals surface area contributed by atoms with Gasteiger partial charge in [-0.25, -0.2) is 17.9 Å². The highest BCUT2D eigenvalue weighted by Crippen LogP contribution is 2.34. The van der Waals surface area contributed by atoms with E-state index in [0.717, 1.165) is 16.0 Å². The van der Waals surface area contributed by atoms with Crippen LogP contribution in [0.4, 0.5) is 0 Å². The van der Waals surface area contributed by atoms with Crippen molar-refractivity contribution in [1.82, 2.24) is 4.72 Å². The number of benzene rings is 1. The van der Waals surface area contributed by atoms with Crippen molar-refractivity contribution in [3.8, 4) is 0 Å². The maximum atomic E-state index is 12.5. The molecule has 1 aromatic heterocycles. The van der Waals surface area contributed by atoms with E-state index in [2.05, 4.69) is 9.46 Å². The van der Waals surface area contributed by atoms with Crippen LogP contribution in [-0.4, -0.2) is 34.6 Å². The number of methoxy groups -OCH3 is 1. The van der Waals surface area contributed by atoms with E-state index in [1.165, 1.54) is 7.11 Å². The van der Waals surface area contributed by atoms with Crippen LogP contribution >= 0.6 is 11.3 Å². The molecule has 1 heterocycles. The number of carbonyl (C=O) groups excluding carboxylic acids is 1. The molecule has 6 nitrogen and oxygen atoms in total. The van der Waals surface area contributed by atoms with Crippen molar-refractivity contribution in [3.63, 3.8) is 0 Å². The van der Waals surface area contributed by atoms with Crippen molar-refractivity contribution >= 4 is 37.4 Å². The molecule has 114 valence electrons. The van der Waals surface area contributed by atoms with Gasteiger partial charge in [-0.15, -0.1) is 11.3 Å². The average Bonchev–Trinajstić information content (AvgIpc) is 2.86. The molecule has 0 spiro atoms. The van der Waals surface area contributed by atoms with Gasteiger partial charge in [0, 0.05) is 16.6 Å². The molecule has 0 aliphatic heterocycles. The van der Waals surface area contributed by atoms with Crippen molar-refractivity contribution < 1.29 is 17.9 Å². The third-order valence-electron chi connectivity index (χ3n) is 2.86. The van der Waals surface area contributed by atoms with Gasteiger partial charge in [-0.1, -0.05) is 18.2 Å². The summed E-state index contributed by atoms with van der Waals surface area (Å²) in [5.74, 6) is -0.657. The Morgan fingerprint density at radius 3 is 2.76 bits per heavy atom. The summed E-state index contributed by atoms with van der Waals surface area (Å²) in [7, 11) is -2.57. The molecular formula is C13H16N2O4S2. The van der Waals surface area contributed by atoms with Crippen LogP contribution in [0, 0.1) is 0 Å². The molecule has 1 aromatic carbocycles. The summed E-state index contributed by atoms with van der Waals surface area (Å²) in [6.07, 6.45) is 0.523. The van der Waals surface area contributed by atoms with E-state index >= 15 is 0 Å². The summed E-state index contributed by atoms with van der Waals surface area (Å²) < 4.78 is 32.8. The van der Waals surface area contributed by atoms with Crippen LogP contribution < -0.4 is 10.5 Å². The fourth-order valence-corrected chi connectivity index (χ4v) is 4.78. The standard InChI is InChI=1S/C13H16N2O4S2/c1-19-13(16)11-12(21(17,18)15-8-4-7-14)9-5-2-3-6-10(9)20-11/h2-3,5-6,15H,4,7-8,14H2,1H3. The fraction of sp³-hybridized carbons (Fsp3) is 0.308. The minimum Gasteiger partial charge on any atom is -0.465 e. The Morgan fingerprint density at radius 1 is 1.38 bits per heavy atom. The number of fused-ring (bicyclic) bond motifs is 1. The van der Waals surface area contributed by atoms with Crippen molar-refractivity contribution in [2.45, 2.75) is 11.3 Å². The molecule has 0 amide bonds. The van der Waals surface area contributed by atoms with E-state index in [0.29, 0.717) is 18.4 Å². The minimum atomic E-state index is -3.80. The fourth-order valence-electron chi connectivity index (χ4n) is 1.90. The molecule has 0 aliphatic carbocycles. The third-order valence-corrected chi connectivity index (χ3v) is 5.69. The molecule has 8 heteroatoms. The molecule has 0 unspecified atom stereocenters. The molecule has 0 saturated heterocycles. The maximum Gasteiger partial charge on any atom is 0.349 e. The Morgan fingerprint density at radius 2 is 2.10 bits per heavy atom. The highest BCUT2D eigenvalue weighted by atomic mass is 32.2. The molecule has 0 radical (unpaired) electrons. The second-order valence-corrected chi connectivity index (χ2v) is 7.04. The molecule has 0 aliphatic rings. The van der Waals surface area contributed by atoms with Crippen LogP contribution in [-0.2, 0) is 14.8 Å². The van der Waals surface area contributed by atoms with E-state index in [-0.39, 0.29) is 16.3 Å². The lowest BCUT2D eigenvalue weighted by Gasteiger charge is -2.07. The first kappa shape index (κ1) is 15.9. The van der Waals surface area contributed by atoms with Crippen LogP contribution in [0.15, 0.2) is 29.2 Å². The van der Waals surface area contributed by atoms with Crippen LogP contribution in [0.1, 0.15) is 16.1 Å². The molecule has 21 heavy (non-hydrogen) atoms. The number of sulfonamides is 1. The summed E-state index contributed by atoms with van der Waals surface area (Å²) in [6.45, 7) is 0.611. The van der Waals surface area contributed by atoms with Crippen LogP contribution in [0.25, 0.3) is 10.1 Å². The van der Waals surface area contributed by atoms with Gasteiger partial charge in [-0.2, -0.15) is 0 Å². The third kappa shape index (κ3) is 3.24. The zero-order valence-corrected chi connectivity index (χ0v) is 13.1. The number of thiophene rings is 1. The quantitative estimate of drug-likeness (QED) is 0.615. The van der Waals surface area contributed by atoms with Crippen LogP contribution in [0.3, 0.4) is 0 Å². The summed E-state index contributed by atoms with van der Waals surface area (Å²) in [5.41, 5.74) is 5.36. The highest BCUT2D eigenvalue weighted by molar-refractivity contribution is 7.90. The minimum absolute atomic E-state index is 0.0213. The number of rotatable bonds is 6. The van der Waals surface area contributed by atoms with Gasteiger partial charge in [0.25, 0.3) is 0 Å². The Bertz CT molecular complexity index is 753. The predicted octanol–water partition coefficient (Wildman–Crippen LogP) is 1.32. The normalized spacial score (nSPS) is 11.7. The van der Waals surface area contributed by atoms with E-state index in [9.17, 15) is 13.2 Å². The van der Waals surface area contributed by atoms with E-state index < -0.39 is 16.0 Å². The van der Waals surface area contributed by atoms with Crippen LogP contribution in [0.5, 0.6) is 0 Å². The molecule has 0 bridgehead atoms. The van der Waals surface area contributed by atoms with Gasteiger partial charge in [-0.3, -0.25) is 0 Å². The van der Waals surface area contributed by atoms with Crippen molar-refractivity contribution in [3.05, 3.63) is 29.1 Å². The molecule has 0 atom stereocenters. The number of esters is 1. The van der Waals surface area contributed by atoms with Gasteiger partial charge in [0.2, 0.25) is 10.0 Å². The largest absolute Gasteiger partial charge is 0.465 e. The molecule has 0 saturated carbocycles. The second kappa shape index (κ2) is 6.52. The Hall–Kier alpha value is -1.48. The van der Waals surface area contributed by atoms with Crippen molar-refractivity contribution in [2.24, 2.45) is 5.73 Å². The highest BCUT2D eigenvalue weighted by Gasteiger charge is 2.28. The number of nitrogens with two attached hydrogens (primary N) is 1. The smallest absolute Gasteiger partial charge is 0.349 e. The van der Waals surface area contributed by atoms with Crippen molar-refractivity contribution in [2.75, 3.05) is 20.2 Å². The average molecular weight is 328 g/mol. The van der Waals surface area contributed by atoms with Gasteiger partial charge in [0.05, 0.1) is 7.11 Å². The van der Waals surface area contributed by atoms with Gasteiger partial charge in [-0.05, 0) is 19.0 Å². The van der Waals surface area contributed by atoms with Crippen LogP contribution in [0.2, 0.25) is 0 Å². The summed E-state index contributed by atoms with van der Waals surface area (Å²) >= 11 is 1.10. The second-order valence-electron chi connectivity index (χ2n) is 4.29. The lowest BCUT2D eigenvalue weighted by molar-refractivity contribution is 0.0602. The summed E-state index contributed by atoms with van der Waals surface area (Å²) in [6, 6.07) is 6.97. The zero-order valence-electron chi connectivity index (χ0n) is 11.5. The monoisotopic (exact) mass is 328 g/mol. The first-order chi connectivity index (χ1) is 10.0. The summed E-state index contributed by atoms with van der Waals surface area (Å²) in [4.78, 5) is 11.9. The van der Waals surface area contributed by atoms with E-state index in [4.69, 9.17) is 5.73 Å². The number of hydrogen-bond acceptors (Lipinski definition) is 6. The topological polar surface area (TPSA) is 98.5 Å². The zero-order chi connectivity index (χ0) is 15.5. The van der Waals surface area contributed by atoms with Gasteiger partial charge >= 0.3 is 5.97 Å². The Balaban J connectivity index is 2.57. The molecular weight excluding hydrogens is 312 g/mol. The lowest BCUT2D eigenvalue weighted by atomic mass is 10.2. The van der Waals surface area contributed by atoms with Gasteiger partial charge in [0.1, 0.15) is 9.77 Å². The van der Waals surface area contributed by atoms with Gasteiger partial charge in [0.15, 0.2) is 0 Å². The van der Waals surface area contributed by atoms with E-state index in [1.807, 2.05) is 0 Å². The summed E-state index contributed by atoms with van der Waals surface area (Å²) in [5, 5.41) is 0.517. The number of hydrogen-bond donors (Lipinski definition) is 2. The number of nitrogens with one attached hydrogen (secondary N) is 1. The maximum absolute atomic E-state index is 12.5. The first-order valence-electron chi connectivity index (χ1n) is 6.31. The SMILES string of the molecule is COC(=O)c1sc2ccccc2c1S(=O)(=O)NCCCN. The molecule has 2 rings (SSSR count). The predicted molar refractivity (Wildman–Crippen MR) is 82.0 cm³/mol. The molecule has 3 N–H and O–H groups in total. The first-order valence-corrected chi connectivity index (χ1v) is 8.61.